The molecule has 0 spiro atoms. The van der Waals surface area contributed by atoms with Gasteiger partial charge >= 0.3 is 0 Å². The summed E-state index contributed by atoms with van der Waals surface area (Å²) in [5, 5.41) is 164. The highest BCUT2D eigenvalue weighted by molar-refractivity contribution is 6.40. The van der Waals surface area contributed by atoms with Crippen molar-refractivity contribution >= 4 is 11.7 Å². The van der Waals surface area contributed by atoms with Gasteiger partial charge in [0.05, 0.1) is 38.4 Å². The molecule has 26 unspecified atom stereocenters. The average Bonchev–Trinajstić information content (AvgIpc) is 3.57. The van der Waals surface area contributed by atoms with Crippen LogP contribution in [0.1, 0.15) is 19.4 Å². The standard InChI is InChI=1S/C44H67NO28/c1-44(2)21(45-38(62)37(44)61)8-14-4-6-15(7-5-14)64-39-28(57)23(52)33(17(10-47)66-39)71-41-30(59)25(54)35(19(12-49)68-41)73-43-31(60)26(55)36(20(13-50)69-43)72-42-29(58)24(53)34(18(11-48)67-42)70-40-27(56)22(51)32(63-3)16(9-46)65-40/h4-7,16-36,39-43,46-60H,8-13H2,1-3H3,(H,45,62). The number of ketones is 1. The molecule has 0 radical (unpaired) electrons. The van der Waals surface area contributed by atoms with E-state index in [9.17, 15) is 86.2 Å². The number of hydrogen-bond donors (Lipinski definition) is 16. The summed E-state index contributed by atoms with van der Waals surface area (Å²) in [5.74, 6) is -1.03. The first kappa shape index (κ1) is 57.9. The molecule has 29 heteroatoms. The first-order valence-corrected chi connectivity index (χ1v) is 23.5. The van der Waals surface area contributed by atoms with Crippen LogP contribution in [0.25, 0.3) is 0 Å². The third-order valence-corrected chi connectivity index (χ3v) is 14.1. The van der Waals surface area contributed by atoms with Crippen molar-refractivity contribution in [3.63, 3.8) is 0 Å². The normalized spacial score (nSPS) is 46.3. The van der Waals surface area contributed by atoms with E-state index in [2.05, 4.69) is 5.32 Å². The lowest BCUT2D eigenvalue weighted by molar-refractivity contribution is -0.392. The minimum Gasteiger partial charge on any atom is -0.462 e. The van der Waals surface area contributed by atoms with Crippen LogP contribution in [0.2, 0.25) is 0 Å². The maximum absolute atomic E-state index is 12.2. The minimum absolute atomic E-state index is 0.158. The first-order chi connectivity index (χ1) is 34.6. The Morgan fingerprint density at radius 1 is 0.466 bits per heavy atom. The smallest absolute Gasteiger partial charge is 0.288 e. The third kappa shape index (κ3) is 11.7. The predicted molar refractivity (Wildman–Crippen MR) is 231 cm³/mol. The number of aliphatic hydroxyl groups excluding tert-OH is 15. The highest BCUT2D eigenvalue weighted by atomic mass is 16.8. The quantitative estimate of drug-likeness (QED) is 0.0607. The molecule has 6 aliphatic rings. The second-order valence-corrected chi connectivity index (χ2v) is 19.2. The number of amides is 1. The van der Waals surface area contributed by atoms with Crippen molar-refractivity contribution in [2.45, 2.75) is 180 Å². The Labute approximate surface area is 415 Å². The summed E-state index contributed by atoms with van der Waals surface area (Å²) in [6.45, 7) is -1.08. The predicted octanol–water partition coefficient (Wildman–Crippen LogP) is -9.55. The Kier molecular flexibility index (Phi) is 19.2. The van der Waals surface area contributed by atoms with Crippen molar-refractivity contribution in [1.82, 2.24) is 5.32 Å². The van der Waals surface area contributed by atoms with Gasteiger partial charge in [0.25, 0.3) is 5.91 Å². The number of carbonyl (C=O) groups excluding carboxylic acids is 2. The van der Waals surface area contributed by atoms with Crippen molar-refractivity contribution in [2.75, 3.05) is 40.1 Å². The molecule has 0 aliphatic carbocycles. The summed E-state index contributed by atoms with van der Waals surface area (Å²) in [5.41, 5.74) is -0.198. The van der Waals surface area contributed by atoms with E-state index in [-0.39, 0.29) is 5.75 Å². The number of carbonyl (C=O) groups is 2. The van der Waals surface area contributed by atoms with Crippen molar-refractivity contribution in [1.29, 1.82) is 0 Å². The highest BCUT2D eigenvalue weighted by Crippen LogP contribution is 2.37. The van der Waals surface area contributed by atoms with Gasteiger partial charge in [0.15, 0.2) is 25.2 Å². The average molecular weight is 1060 g/mol. The molecule has 0 aromatic heterocycles. The molecule has 26 atom stereocenters. The number of Topliss-reactive ketones (excluding diaryl/α,β-unsaturated/α-hetero) is 1. The SMILES string of the molecule is COC1C(CO)OC(OC2C(CO)OC(OC3C(CO)OC(OC4C(CO)OC(OC5C(CO)OC(Oc6ccc(CC7NC(=O)C(=O)C7(C)C)cc6)C(O)C5O)C(O)C4O)C(O)C3O)C(O)C2O)C(O)C1O. The minimum atomic E-state index is -2.14. The van der Waals surface area contributed by atoms with Crippen molar-refractivity contribution in [3.8, 4) is 5.75 Å². The van der Waals surface area contributed by atoms with Crippen LogP contribution in [0.4, 0.5) is 0 Å². The molecule has 73 heavy (non-hydrogen) atoms. The number of ether oxygens (including phenoxy) is 11. The van der Waals surface area contributed by atoms with Gasteiger partial charge in [0.1, 0.15) is 128 Å². The number of aliphatic hydroxyl groups is 15. The molecule has 6 heterocycles. The molecule has 0 saturated carbocycles. The summed E-state index contributed by atoms with van der Waals surface area (Å²) in [7, 11) is 1.20. The fourth-order valence-electron chi connectivity index (χ4n) is 9.63. The van der Waals surface area contributed by atoms with Crippen molar-refractivity contribution < 1.29 is 138 Å². The Hall–Kier alpha value is -2.84. The lowest BCUT2D eigenvalue weighted by Gasteiger charge is -2.49. The molecule has 16 N–H and O–H groups in total. The molecular formula is C44H67NO28. The number of rotatable bonds is 18. The van der Waals surface area contributed by atoms with E-state index < -0.39 is 210 Å². The molecule has 29 nitrogen and oxygen atoms in total. The first-order valence-electron chi connectivity index (χ1n) is 23.5. The summed E-state index contributed by atoms with van der Waals surface area (Å²) in [6.07, 6.45) is -44.2. The van der Waals surface area contributed by atoms with Crippen LogP contribution in [0.5, 0.6) is 5.75 Å². The van der Waals surface area contributed by atoms with E-state index in [4.69, 9.17) is 52.1 Å². The van der Waals surface area contributed by atoms with Gasteiger partial charge in [0.2, 0.25) is 12.1 Å². The molecule has 6 fully saturated rings. The van der Waals surface area contributed by atoms with E-state index in [0.717, 1.165) is 5.56 Å². The topological polar surface area (TPSA) is 451 Å². The zero-order valence-corrected chi connectivity index (χ0v) is 39.6. The molecular weight excluding hydrogens is 990 g/mol. The van der Waals surface area contributed by atoms with Gasteiger partial charge in [-0.1, -0.05) is 26.0 Å². The molecule has 1 aromatic carbocycles. The number of benzene rings is 1. The van der Waals surface area contributed by atoms with E-state index in [0.29, 0.717) is 6.42 Å². The van der Waals surface area contributed by atoms with E-state index in [1.165, 1.54) is 19.2 Å². The lowest BCUT2D eigenvalue weighted by Crippen LogP contribution is -2.68. The second kappa shape index (κ2) is 24.2. The highest BCUT2D eigenvalue weighted by Gasteiger charge is 2.57. The van der Waals surface area contributed by atoms with E-state index in [1.54, 1.807) is 26.0 Å². The molecule has 1 aromatic rings. The van der Waals surface area contributed by atoms with Gasteiger partial charge in [-0.3, -0.25) is 9.59 Å². The Bertz CT molecular complexity index is 1950. The molecule has 6 saturated heterocycles. The van der Waals surface area contributed by atoms with Crippen LogP contribution in [0, 0.1) is 5.41 Å². The van der Waals surface area contributed by atoms with Crippen LogP contribution in [-0.2, 0) is 63.4 Å². The van der Waals surface area contributed by atoms with E-state index in [1.807, 2.05) is 0 Å². The van der Waals surface area contributed by atoms with Gasteiger partial charge in [-0.05, 0) is 24.1 Å². The van der Waals surface area contributed by atoms with Crippen LogP contribution in [0.3, 0.4) is 0 Å². The number of methoxy groups -OCH3 is 1. The Morgan fingerprint density at radius 3 is 1.07 bits per heavy atom. The van der Waals surface area contributed by atoms with E-state index >= 15 is 0 Å². The summed E-state index contributed by atoms with van der Waals surface area (Å²) >= 11 is 0. The van der Waals surface area contributed by atoms with Crippen LogP contribution in [-0.4, -0.2) is 288 Å². The van der Waals surface area contributed by atoms with Crippen molar-refractivity contribution in [2.24, 2.45) is 5.41 Å². The molecule has 1 amide bonds. The van der Waals surface area contributed by atoms with Crippen LogP contribution < -0.4 is 10.1 Å². The molecule has 6 aliphatic heterocycles. The molecule has 416 valence electrons. The van der Waals surface area contributed by atoms with Crippen LogP contribution >= 0.6 is 0 Å². The summed E-state index contributed by atoms with van der Waals surface area (Å²) in [6, 6.07) is 5.88. The lowest BCUT2D eigenvalue weighted by atomic mass is 9.81. The van der Waals surface area contributed by atoms with Gasteiger partial charge in [-0.25, -0.2) is 0 Å². The van der Waals surface area contributed by atoms with Crippen LogP contribution in [0.15, 0.2) is 24.3 Å². The zero-order valence-electron chi connectivity index (χ0n) is 39.6. The monoisotopic (exact) mass is 1060 g/mol. The molecule has 7 rings (SSSR count). The van der Waals surface area contributed by atoms with Gasteiger partial charge in [-0.2, -0.15) is 0 Å². The number of nitrogens with one attached hydrogen (secondary N) is 1. The molecule has 0 bridgehead atoms. The Balaban J connectivity index is 0.939. The maximum Gasteiger partial charge on any atom is 0.288 e. The summed E-state index contributed by atoms with van der Waals surface area (Å²) in [4.78, 5) is 24.2. The largest absolute Gasteiger partial charge is 0.462 e. The van der Waals surface area contributed by atoms with Gasteiger partial charge in [-0.15, -0.1) is 0 Å². The third-order valence-electron chi connectivity index (χ3n) is 14.1. The fraction of sp³-hybridized carbons (Fsp3) is 0.818. The van der Waals surface area contributed by atoms with Crippen molar-refractivity contribution in [3.05, 3.63) is 29.8 Å². The maximum atomic E-state index is 12.2. The summed E-state index contributed by atoms with van der Waals surface area (Å²) < 4.78 is 61.9. The second-order valence-electron chi connectivity index (χ2n) is 19.2. The number of hydrogen-bond acceptors (Lipinski definition) is 28. The van der Waals surface area contributed by atoms with Gasteiger partial charge < -0.3 is 134 Å². The zero-order chi connectivity index (χ0) is 53.4. The van der Waals surface area contributed by atoms with Gasteiger partial charge in [0, 0.05) is 13.2 Å². The fourth-order valence-corrected chi connectivity index (χ4v) is 9.63. The Morgan fingerprint density at radius 2 is 0.767 bits per heavy atom.